The molecule has 1 radical (unpaired) electrons. The molecule has 7 heteroatoms. The maximum absolute atomic E-state index is 7.23. The van der Waals surface area contributed by atoms with Gasteiger partial charge in [-0.2, -0.15) is 0 Å². The molecule has 6 aromatic rings. The Morgan fingerprint density at radius 2 is 1.64 bits per heavy atom. The molecule has 1 aromatic carbocycles. The fourth-order valence-corrected chi connectivity index (χ4v) is 5.19. The molecule has 0 aliphatic rings. The summed E-state index contributed by atoms with van der Waals surface area (Å²) in [5.74, 6) is 0. The Morgan fingerprint density at radius 1 is 0.872 bits per heavy atom. The van der Waals surface area contributed by atoms with Crippen molar-refractivity contribution in [3.05, 3.63) is 102 Å². The van der Waals surface area contributed by atoms with Crippen LogP contribution in [0.5, 0.6) is 0 Å². The second-order valence-corrected chi connectivity index (χ2v) is 15.3. The van der Waals surface area contributed by atoms with Gasteiger partial charge in [0.25, 0.3) is 0 Å². The van der Waals surface area contributed by atoms with Crippen LogP contribution in [-0.2, 0) is 20.1 Å². The van der Waals surface area contributed by atoms with E-state index in [2.05, 4.69) is 70.0 Å². The second-order valence-electron chi connectivity index (χ2n) is 10.2. The van der Waals surface area contributed by atoms with Crippen LogP contribution in [0.25, 0.3) is 44.6 Å². The molecule has 6 rings (SSSR count). The first-order chi connectivity index (χ1) is 19.4. The second kappa shape index (κ2) is 11.7. The zero-order chi connectivity index (χ0) is 29.4. The van der Waals surface area contributed by atoms with E-state index in [0.717, 1.165) is 50.3 Å². The van der Waals surface area contributed by atoms with Crippen molar-refractivity contribution in [1.82, 2.24) is 19.9 Å². The van der Waals surface area contributed by atoms with Crippen molar-refractivity contribution in [2.24, 2.45) is 0 Å². The van der Waals surface area contributed by atoms with Gasteiger partial charge in [0.15, 0.2) is 0 Å². The van der Waals surface area contributed by atoms with E-state index < -0.39 is 14.9 Å². The molecular weight excluding hydrogens is 677 g/mol. The molecule has 0 fully saturated rings. The van der Waals surface area contributed by atoms with Crippen molar-refractivity contribution in [3.63, 3.8) is 0 Å². The van der Waals surface area contributed by atoms with Crippen LogP contribution in [0.3, 0.4) is 0 Å². The molecule has 0 aliphatic carbocycles. The zero-order valence-corrected chi connectivity index (χ0v) is 25.9. The van der Waals surface area contributed by atoms with E-state index in [1.165, 1.54) is 11.4 Å². The first kappa shape index (κ1) is 24.5. The molecule has 5 aromatic heterocycles. The summed E-state index contributed by atoms with van der Waals surface area (Å²) in [6, 6.07) is 22.1. The van der Waals surface area contributed by atoms with Gasteiger partial charge in [-0.05, 0) is 60.5 Å². The minimum atomic E-state index is -2.09. The Balaban J connectivity index is 0.000000207. The predicted octanol–water partition coefficient (Wildman–Crippen LogP) is 7.25. The predicted molar refractivity (Wildman–Crippen MR) is 157 cm³/mol. The van der Waals surface area contributed by atoms with E-state index >= 15 is 0 Å². The molecule has 0 atom stereocenters. The number of rotatable bonds is 3. The van der Waals surface area contributed by atoms with Crippen LogP contribution < -0.4 is 5.19 Å². The molecule has 199 valence electrons. The normalized spacial score (nSPS) is 12.6. The maximum atomic E-state index is 7.23. The number of fused-ring (bicyclic) bond motifs is 3. The fraction of sp³-hybridized carbons (Fsp3) is 0.188. The van der Waals surface area contributed by atoms with Crippen molar-refractivity contribution in [2.45, 2.75) is 40.3 Å². The summed E-state index contributed by atoms with van der Waals surface area (Å²) >= 11 is 0. The van der Waals surface area contributed by atoms with E-state index in [1.54, 1.807) is 18.2 Å². The van der Waals surface area contributed by atoms with Crippen LogP contribution in [-0.4, -0.2) is 28.0 Å². The number of furan rings is 1. The minimum Gasteiger partial charge on any atom is -0.481 e. The SMILES string of the molecule is Cc1cc2c(oc3n[c-]c(-c4ccc([Si](C)(C)C)cn4)cc32)c(C)n1.[2H]C([2H])([2H])c1ccc(-c2[c-]cccc2)nc1.[Ir]. The van der Waals surface area contributed by atoms with E-state index in [-0.39, 0.29) is 25.7 Å². The number of hydrogen-bond donors (Lipinski definition) is 0. The van der Waals surface area contributed by atoms with E-state index in [0.29, 0.717) is 5.71 Å². The van der Waals surface area contributed by atoms with Gasteiger partial charge in [0.05, 0.1) is 13.8 Å². The molecular formula is C32H30IrN4OSi-2. The van der Waals surface area contributed by atoms with Gasteiger partial charge >= 0.3 is 0 Å². The maximum Gasteiger partial charge on any atom is 0.144 e. The van der Waals surface area contributed by atoms with Crippen molar-refractivity contribution >= 4 is 35.3 Å². The molecule has 0 spiro atoms. The van der Waals surface area contributed by atoms with E-state index in [9.17, 15) is 0 Å². The van der Waals surface area contributed by atoms with Gasteiger partial charge < -0.3 is 19.4 Å². The van der Waals surface area contributed by atoms with Crippen molar-refractivity contribution < 1.29 is 28.6 Å². The van der Waals surface area contributed by atoms with Crippen molar-refractivity contribution in [3.8, 4) is 22.5 Å². The molecule has 5 nitrogen and oxygen atoms in total. The largest absolute Gasteiger partial charge is 0.481 e. The van der Waals surface area contributed by atoms with Gasteiger partial charge in [-0.3, -0.25) is 4.98 Å². The van der Waals surface area contributed by atoms with Crippen LogP contribution in [0.1, 0.15) is 21.1 Å². The number of aryl methyl sites for hydroxylation is 3. The Labute approximate surface area is 248 Å². The number of pyridine rings is 4. The average molecular weight is 710 g/mol. The summed E-state index contributed by atoms with van der Waals surface area (Å²) in [5.41, 5.74) is 6.85. The van der Waals surface area contributed by atoms with Crippen LogP contribution >= 0.6 is 0 Å². The summed E-state index contributed by atoms with van der Waals surface area (Å²) in [7, 11) is -1.35. The molecule has 0 amide bonds. The third-order valence-corrected chi connectivity index (χ3v) is 8.24. The topological polar surface area (TPSA) is 64.7 Å². The van der Waals surface area contributed by atoms with Gasteiger partial charge in [0, 0.05) is 47.7 Å². The van der Waals surface area contributed by atoms with Gasteiger partial charge in [0.2, 0.25) is 0 Å². The Morgan fingerprint density at radius 3 is 2.28 bits per heavy atom. The van der Waals surface area contributed by atoms with Crippen molar-refractivity contribution in [1.29, 1.82) is 0 Å². The van der Waals surface area contributed by atoms with E-state index in [4.69, 9.17) is 8.53 Å². The number of hydrogen-bond acceptors (Lipinski definition) is 5. The summed E-state index contributed by atoms with van der Waals surface area (Å²) in [6.45, 7) is 8.81. The summed E-state index contributed by atoms with van der Waals surface area (Å²) in [6.07, 6.45) is 6.45. The van der Waals surface area contributed by atoms with Gasteiger partial charge in [-0.1, -0.05) is 43.9 Å². The zero-order valence-electron chi connectivity index (χ0n) is 25.5. The summed E-state index contributed by atoms with van der Waals surface area (Å²) < 4.78 is 27.6. The number of benzene rings is 1. The summed E-state index contributed by atoms with van der Waals surface area (Å²) in [4.78, 5) is 17.6. The number of nitrogens with zero attached hydrogens (tertiary/aromatic N) is 4. The third-order valence-electron chi connectivity index (χ3n) is 6.21. The first-order valence-electron chi connectivity index (χ1n) is 13.9. The molecule has 0 unspecified atom stereocenters. The van der Waals surface area contributed by atoms with Crippen LogP contribution in [0.15, 0.2) is 77.5 Å². The van der Waals surface area contributed by atoms with Crippen LogP contribution in [0, 0.1) is 33.0 Å². The molecule has 0 aliphatic heterocycles. The first-order valence-corrected chi connectivity index (χ1v) is 15.9. The van der Waals surface area contributed by atoms with Gasteiger partial charge in [-0.25, -0.2) is 0 Å². The molecule has 0 saturated heterocycles. The molecule has 0 bridgehead atoms. The van der Waals surface area contributed by atoms with Gasteiger partial charge in [-0.15, -0.1) is 47.5 Å². The third kappa shape index (κ3) is 6.39. The fourth-order valence-electron chi connectivity index (χ4n) is 4.16. The molecule has 0 saturated carbocycles. The Bertz CT molecular complexity index is 1820. The van der Waals surface area contributed by atoms with Crippen LogP contribution in [0.4, 0.5) is 0 Å². The van der Waals surface area contributed by atoms with Gasteiger partial charge in [0.1, 0.15) is 11.3 Å². The molecule has 39 heavy (non-hydrogen) atoms. The monoisotopic (exact) mass is 710 g/mol. The molecule has 0 N–H and O–H groups in total. The number of aromatic nitrogens is 4. The standard InChI is InChI=1S/C20H20N3OSi.C12H10N.Ir/c1-12-8-16-17-9-14(10-22-20(17)24-19(16)13(2)23-12)18-7-6-15(11-21-18)25(3,4)5;1-10-7-8-12(13-9-10)11-5-3-2-4-6-11;/h6-9,11H,1-5H3;2-5,7-9H,1H3;/q2*-1;/i;1D3;. The smallest absolute Gasteiger partial charge is 0.144 e. The Kier molecular flexibility index (Phi) is 7.36. The van der Waals surface area contributed by atoms with Crippen molar-refractivity contribution in [2.75, 3.05) is 0 Å². The Hall–Kier alpha value is -3.51. The summed E-state index contributed by atoms with van der Waals surface area (Å²) in [5, 5.41) is 3.37. The minimum absolute atomic E-state index is 0. The quantitative estimate of drug-likeness (QED) is 0.143. The van der Waals surface area contributed by atoms with Crippen LogP contribution in [0.2, 0.25) is 19.6 Å². The van der Waals surface area contributed by atoms with E-state index in [1.807, 2.05) is 44.3 Å². The molecule has 5 heterocycles. The average Bonchev–Trinajstić information content (AvgIpc) is 3.31.